The summed E-state index contributed by atoms with van der Waals surface area (Å²) in [5.74, 6) is 1.56. The molecule has 0 saturated heterocycles. The quantitative estimate of drug-likeness (QED) is 0.551. The van der Waals surface area contributed by atoms with Crippen molar-refractivity contribution in [3.63, 3.8) is 0 Å². The van der Waals surface area contributed by atoms with E-state index in [2.05, 4.69) is 5.32 Å². The van der Waals surface area contributed by atoms with E-state index in [1.54, 1.807) is 18.2 Å². The van der Waals surface area contributed by atoms with Gasteiger partial charge >= 0.3 is 0 Å². The monoisotopic (exact) mass is 381 g/mol. The summed E-state index contributed by atoms with van der Waals surface area (Å²) in [6.07, 6.45) is -0.105. The van der Waals surface area contributed by atoms with E-state index in [0.29, 0.717) is 34.4 Å². The molecule has 0 spiro atoms. The fraction of sp³-hybridized carbons (Fsp3) is 0.136. The van der Waals surface area contributed by atoms with E-state index in [9.17, 15) is 4.79 Å². The molecular formula is C22H20ClNO3. The van der Waals surface area contributed by atoms with Crippen molar-refractivity contribution in [2.45, 2.75) is 19.4 Å². The average molecular weight is 382 g/mol. The number of ether oxygens (including phenoxy) is 2. The molecule has 5 heteroatoms. The minimum atomic E-state index is -0.629. The second kappa shape index (κ2) is 9.10. The Morgan fingerprint density at radius 2 is 1.59 bits per heavy atom. The molecule has 0 aliphatic carbocycles. The van der Waals surface area contributed by atoms with Gasteiger partial charge in [0, 0.05) is 5.02 Å². The summed E-state index contributed by atoms with van der Waals surface area (Å²) in [5, 5.41) is 3.37. The number of nitrogens with one attached hydrogen (secondary N) is 1. The van der Waals surface area contributed by atoms with Gasteiger partial charge in [-0.15, -0.1) is 0 Å². The van der Waals surface area contributed by atoms with Crippen LogP contribution in [0, 0.1) is 0 Å². The van der Waals surface area contributed by atoms with Crippen molar-refractivity contribution >= 4 is 23.2 Å². The standard InChI is InChI=1S/C22H20ClNO3/c1-2-20(26-17-9-5-3-6-10-17)22(25)24-19-15-16(23)13-14-21(19)27-18-11-7-4-8-12-18/h3-15,20H,2H2,1H3,(H,24,25)/t20-/m0/s1. The molecule has 0 unspecified atom stereocenters. The molecule has 0 radical (unpaired) electrons. The molecular weight excluding hydrogens is 362 g/mol. The lowest BCUT2D eigenvalue weighted by Crippen LogP contribution is -2.32. The van der Waals surface area contributed by atoms with Crippen LogP contribution in [-0.4, -0.2) is 12.0 Å². The highest BCUT2D eigenvalue weighted by Gasteiger charge is 2.20. The lowest BCUT2D eigenvalue weighted by molar-refractivity contribution is -0.122. The van der Waals surface area contributed by atoms with Crippen LogP contribution >= 0.6 is 11.6 Å². The molecule has 1 N–H and O–H groups in total. The highest BCUT2D eigenvalue weighted by Crippen LogP contribution is 2.32. The summed E-state index contributed by atoms with van der Waals surface area (Å²) in [7, 11) is 0. The predicted octanol–water partition coefficient (Wildman–Crippen LogP) is 5.93. The van der Waals surface area contributed by atoms with Crippen molar-refractivity contribution in [2.24, 2.45) is 0 Å². The van der Waals surface area contributed by atoms with Crippen LogP contribution in [0.15, 0.2) is 78.9 Å². The minimum absolute atomic E-state index is 0.262. The average Bonchev–Trinajstić information content (AvgIpc) is 2.69. The first-order valence-electron chi connectivity index (χ1n) is 8.70. The molecule has 3 rings (SSSR count). The second-order valence-electron chi connectivity index (χ2n) is 5.87. The SMILES string of the molecule is CC[C@H](Oc1ccccc1)C(=O)Nc1cc(Cl)ccc1Oc1ccccc1. The number of amides is 1. The van der Waals surface area contributed by atoms with E-state index >= 15 is 0 Å². The van der Waals surface area contributed by atoms with Crippen LogP contribution in [0.2, 0.25) is 5.02 Å². The maximum Gasteiger partial charge on any atom is 0.265 e. The summed E-state index contributed by atoms with van der Waals surface area (Å²) >= 11 is 6.11. The molecule has 0 fully saturated rings. The third kappa shape index (κ3) is 5.25. The van der Waals surface area contributed by atoms with Crippen molar-refractivity contribution in [3.8, 4) is 17.2 Å². The molecule has 0 aromatic heterocycles. The maximum atomic E-state index is 12.7. The number of para-hydroxylation sites is 2. The summed E-state index contributed by atoms with van der Waals surface area (Å²) in [6, 6.07) is 23.7. The Morgan fingerprint density at radius 3 is 2.22 bits per heavy atom. The van der Waals surface area contributed by atoms with Crippen LogP contribution in [0.1, 0.15) is 13.3 Å². The zero-order valence-electron chi connectivity index (χ0n) is 14.9. The maximum absolute atomic E-state index is 12.7. The van der Waals surface area contributed by atoms with E-state index in [0.717, 1.165) is 0 Å². The van der Waals surface area contributed by atoms with Gasteiger partial charge in [0.05, 0.1) is 5.69 Å². The van der Waals surface area contributed by atoms with Crippen LogP contribution in [-0.2, 0) is 4.79 Å². The van der Waals surface area contributed by atoms with Gasteiger partial charge < -0.3 is 14.8 Å². The number of benzene rings is 3. The number of hydrogen-bond donors (Lipinski definition) is 1. The lowest BCUT2D eigenvalue weighted by Gasteiger charge is -2.19. The van der Waals surface area contributed by atoms with Crippen LogP contribution in [0.3, 0.4) is 0 Å². The van der Waals surface area contributed by atoms with Gasteiger partial charge in [-0.1, -0.05) is 54.9 Å². The molecule has 0 heterocycles. The first-order valence-corrected chi connectivity index (χ1v) is 9.08. The highest BCUT2D eigenvalue weighted by atomic mass is 35.5. The van der Waals surface area contributed by atoms with Crippen molar-refractivity contribution in [1.29, 1.82) is 0 Å². The molecule has 4 nitrogen and oxygen atoms in total. The zero-order valence-corrected chi connectivity index (χ0v) is 15.6. The van der Waals surface area contributed by atoms with Crippen molar-refractivity contribution < 1.29 is 14.3 Å². The Balaban J connectivity index is 1.77. The fourth-order valence-electron chi connectivity index (χ4n) is 2.50. The second-order valence-corrected chi connectivity index (χ2v) is 6.31. The smallest absolute Gasteiger partial charge is 0.265 e. The fourth-order valence-corrected chi connectivity index (χ4v) is 2.68. The summed E-state index contributed by atoms with van der Waals surface area (Å²) in [5.41, 5.74) is 0.492. The minimum Gasteiger partial charge on any atom is -0.481 e. The molecule has 0 aliphatic heterocycles. The molecule has 138 valence electrons. The van der Waals surface area contributed by atoms with Gasteiger partial charge in [0.1, 0.15) is 11.5 Å². The summed E-state index contributed by atoms with van der Waals surface area (Å²) in [6.45, 7) is 1.90. The van der Waals surface area contributed by atoms with Crippen molar-refractivity contribution in [1.82, 2.24) is 0 Å². The van der Waals surface area contributed by atoms with Gasteiger partial charge in [-0.3, -0.25) is 4.79 Å². The Hall–Kier alpha value is -2.98. The third-order valence-corrected chi connectivity index (χ3v) is 4.09. The lowest BCUT2D eigenvalue weighted by atomic mass is 10.2. The highest BCUT2D eigenvalue weighted by molar-refractivity contribution is 6.31. The molecule has 27 heavy (non-hydrogen) atoms. The Morgan fingerprint density at radius 1 is 0.963 bits per heavy atom. The van der Waals surface area contributed by atoms with E-state index < -0.39 is 6.10 Å². The number of rotatable bonds is 7. The first kappa shape index (κ1) is 18.8. The molecule has 1 amide bonds. The van der Waals surface area contributed by atoms with Crippen LogP contribution in [0.4, 0.5) is 5.69 Å². The van der Waals surface area contributed by atoms with Gasteiger partial charge in [-0.25, -0.2) is 0 Å². The van der Waals surface area contributed by atoms with Gasteiger partial charge in [0.2, 0.25) is 0 Å². The Labute approximate surface area is 163 Å². The molecule has 1 atom stereocenters. The van der Waals surface area contributed by atoms with Gasteiger partial charge in [-0.2, -0.15) is 0 Å². The molecule has 3 aromatic carbocycles. The normalized spacial score (nSPS) is 11.5. The number of carbonyl (C=O) groups excluding carboxylic acids is 1. The van der Waals surface area contributed by atoms with Crippen LogP contribution < -0.4 is 14.8 Å². The first-order chi connectivity index (χ1) is 13.2. The van der Waals surface area contributed by atoms with Gasteiger partial charge in [0.25, 0.3) is 5.91 Å². The van der Waals surface area contributed by atoms with E-state index in [1.807, 2.05) is 67.6 Å². The van der Waals surface area contributed by atoms with Crippen LogP contribution in [0.25, 0.3) is 0 Å². The van der Waals surface area contributed by atoms with Crippen molar-refractivity contribution in [2.75, 3.05) is 5.32 Å². The summed E-state index contributed by atoms with van der Waals surface area (Å²) in [4.78, 5) is 12.7. The zero-order chi connectivity index (χ0) is 19.1. The molecule has 3 aromatic rings. The third-order valence-electron chi connectivity index (χ3n) is 3.86. The Kier molecular flexibility index (Phi) is 6.34. The van der Waals surface area contributed by atoms with Gasteiger partial charge in [-0.05, 0) is 48.9 Å². The topological polar surface area (TPSA) is 47.6 Å². The predicted molar refractivity (Wildman–Crippen MR) is 108 cm³/mol. The van der Waals surface area contributed by atoms with E-state index in [-0.39, 0.29) is 5.91 Å². The largest absolute Gasteiger partial charge is 0.481 e. The number of halogens is 1. The number of hydrogen-bond acceptors (Lipinski definition) is 3. The Bertz CT molecular complexity index is 885. The van der Waals surface area contributed by atoms with Crippen molar-refractivity contribution in [3.05, 3.63) is 83.9 Å². The molecule has 0 aliphatic rings. The summed E-state index contributed by atoms with van der Waals surface area (Å²) < 4.78 is 11.7. The van der Waals surface area contributed by atoms with E-state index in [1.165, 1.54) is 0 Å². The van der Waals surface area contributed by atoms with Crippen LogP contribution in [0.5, 0.6) is 17.2 Å². The number of carbonyl (C=O) groups is 1. The van der Waals surface area contributed by atoms with E-state index in [4.69, 9.17) is 21.1 Å². The van der Waals surface area contributed by atoms with Gasteiger partial charge in [0.15, 0.2) is 11.9 Å². The molecule has 0 bridgehead atoms. The number of anilines is 1. The molecule has 0 saturated carbocycles.